The van der Waals surface area contributed by atoms with Crippen molar-refractivity contribution in [2.24, 2.45) is 5.73 Å². The molecule has 0 unspecified atom stereocenters. The molecule has 0 atom stereocenters. The van der Waals surface area contributed by atoms with E-state index in [2.05, 4.69) is 15.4 Å². The molecule has 7 nitrogen and oxygen atoms in total. The lowest BCUT2D eigenvalue weighted by atomic mass is 10.5. The van der Waals surface area contributed by atoms with Gasteiger partial charge in [-0.15, -0.1) is 0 Å². The highest BCUT2D eigenvalue weighted by atomic mass is 16.5. The molecule has 0 aromatic heterocycles. The molecular formula is C8H17N3O4. The number of nitrogens with one attached hydrogen (secondary N) is 2. The number of nitrogens with two attached hydrogens (primary N) is 1. The lowest BCUT2D eigenvalue weighted by Gasteiger charge is -2.05. The highest BCUT2D eigenvalue weighted by molar-refractivity contribution is 5.77. The molecule has 0 heterocycles. The maximum atomic E-state index is 11.1. The molecule has 2 amide bonds. The summed E-state index contributed by atoms with van der Waals surface area (Å²) in [5.41, 5.74) is 4.73. The van der Waals surface area contributed by atoms with Gasteiger partial charge in [0, 0.05) is 20.2 Å². The summed E-state index contributed by atoms with van der Waals surface area (Å²) in [6, 6.07) is 0. The van der Waals surface area contributed by atoms with Crippen LogP contribution in [0.15, 0.2) is 0 Å². The normalized spacial score (nSPS) is 9.67. The summed E-state index contributed by atoms with van der Waals surface area (Å²) < 4.78 is 9.20. The molecule has 4 N–H and O–H groups in total. The predicted octanol–water partition coefficient (Wildman–Crippen LogP) is -1.57. The van der Waals surface area contributed by atoms with Crippen LogP contribution in [-0.4, -0.2) is 52.0 Å². The van der Waals surface area contributed by atoms with Gasteiger partial charge in [0.05, 0.1) is 13.2 Å². The van der Waals surface area contributed by atoms with E-state index in [0.717, 1.165) is 0 Å². The minimum atomic E-state index is -0.818. The molecular weight excluding hydrogens is 202 g/mol. The van der Waals surface area contributed by atoms with Crippen molar-refractivity contribution in [3.63, 3.8) is 0 Å². The fraction of sp³-hybridized carbons (Fsp3) is 0.750. The zero-order valence-corrected chi connectivity index (χ0v) is 8.75. The second kappa shape index (κ2) is 9.22. The minimum absolute atomic E-state index is 0.133. The molecule has 0 bridgehead atoms. The molecule has 0 saturated heterocycles. The molecule has 0 spiro atoms. The van der Waals surface area contributed by atoms with Crippen LogP contribution in [0, 0.1) is 0 Å². The molecule has 0 aliphatic carbocycles. The highest BCUT2D eigenvalue weighted by Crippen LogP contribution is 1.72. The third-order valence-corrected chi connectivity index (χ3v) is 1.44. The van der Waals surface area contributed by atoms with Crippen LogP contribution in [-0.2, 0) is 14.3 Å². The van der Waals surface area contributed by atoms with Crippen LogP contribution in [0.3, 0.4) is 0 Å². The smallest absolute Gasteiger partial charge is 0.404 e. The average Bonchev–Trinajstić information content (AvgIpc) is 2.17. The molecule has 88 valence electrons. The van der Waals surface area contributed by atoms with Crippen LogP contribution in [0.1, 0.15) is 0 Å². The number of hydrogen-bond acceptors (Lipinski definition) is 5. The average molecular weight is 219 g/mol. The number of rotatable bonds is 8. The third-order valence-electron chi connectivity index (χ3n) is 1.44. The van der Waals surface area contributed by atoms with E-state index in [9.17, 15) is 9.59 Å². The molecule has 0 fully saturated rings. The van der Waals surface area contributed by atoms with Gasteiger partial charge in [0.15, 0.2) is 0 Å². The maximum absolute atomic E-state index is 11.1. The van der Waals surface area contributed by atoms with Gasteiger partial charge in [-0.25, -0.2) is 4.79 Å². The number of carbonyl (C=O) groups is 2. The summed E-state index contributed by atoms with van der Waals surface area (Å²) in [7, 11) is 1.56. The van der Waals surface area contributed by atoms with Gasteiger partial charge in [-0.3, -0.25) is 4.79 Å². The first kappa shape index (κ1) is 13.7. The molecule has 0 aromatic carbocycles. The number of methoxy groups -OCH3 is 1. The summed E-state index contributed by atoms with van der Waals surface area (Å²) in [5.74, 6) is -0.133. The van der Waals surface area contributed by atoms with E-state index < -0.39 is 6.09 Å². The van der Waals surface area contributed by atoms with Crippen molar-refractivity contribution in [3.05, 3.63) is 0 Å². The van der Waals surface area contributed by atoms with Gasteiger partial charge >= 0.3 is 6.09 Å². The van der Waals surface area contributed by atoms with Gasteiger partial charge in [-0.05, 0) is 0 Å². The van der Waals surface area contributed by atoms with Crippen molar-refractivity contribution in [2.45, 2.75) is 0 Å². The quantitative estimate of drug-likeness (QED) is 0.428. The van der Waals surface area contributed by atoms with E-state index in [1.807, 2.05) is 0 Å². The zero-order chi connectivity index (χ0) is 11.5. The van der Waals surface area contributed by atoms with Gasteiger partial charge in [-0.1, -0.05) is 0 Å². The Morgan fingerprint density at radius 1 is 1.27 bits per heavy atom. The van der Waals surface area contributed by atoms with Crippen molar-refractivity contribution >= 4 is 12.0 Å². The van der Waals surface area contributed by atoms with E-state index in [1.54, 1.807) is 7.11 Å². The molecule has 7 heteroatoms. The van der Waals surface area contributed by atoms with E-state index in [-0.39, 0.29) is 19.1 Å². The fourth-order valence-corrected chi connectivity index (χ4v) is 0.781. The SMILES string of the molecule is COCCNC(=O)CNCCOC(N)=O. The second-order valence-electron chi connectivity index (χ2n) is 2.69. The first-order valence-electron chi connectivity index (χ1n) is 4.55. The standard InChI is InChI=1S/C8H17N3O4/c1-14-4-3-11-7(12)6-10-2-5-15-8(9)13/h10H,2-6H2,1H3,(H2,9,13)(H,11,12). The van der Waals surface area contributed by atoms with Gasteiger partial charge in [0.25, 0.3) is 0 Å². The Bertz CT molecular complexity index is 198. The fourth-order valence-electron chi connectivity index (χ4n) is 0.781. The number of ether oxygens (including phenoxy) is 2. The number of hydrogen-bond donors (Lipinski definition) is 3. The molecule has 0 saturated carbocycles. The summed E-state index contributed by atoms with van der Waals surface area (Å²) in [6.07, 6.45) is -0.818. The van der Waals surface area contributed by atoms with Crippen LogP contribution >= 0.6 is 0 Å². The minimum Gasteiger partial charge on any atom is -0.448 e. The number of carbonyl (C=O) groups excluding carboxylic acids is 2. The Balaban J connectivity index is 3.20. The Morgan fingerprint density at radius 2 is 2.00 bits per heavy atom. The molecule has 15 heavy (non-hydrogen) atoms. The second-order valence-corrected chi connectivity index (χ2v) is 2.69. The molecule has 0 aliphatic rings. The lowest BCUT2D eigenvalue weighted by Crippen LogP contribution is -2.37. The van der Waals surface area contributed by atoms with Crippen molar-refractivity contribution in [3.8, 4) is 0 Å². The van der Waals surface area contributed by atoms with Crippen molar-refractivity contribution in [1.82, 2.24) is 10.6 Å². The van der Waals surface area contributed by atoms with E-state index >= 15 is 0 Å². The van der Waals surface area contributed by atoms with E-state index in [0.29, 0.717) is 19.7 Å². The molecule has 0 aliphatic heterocycles. The summed E-state index contributed by atoms with van der Waals surface area (Å²) in [4.78, 5) is 21.2. The topological polar surface area (TPSA) is 103 Å². The van der Waals surface area contributed by atoms with Gasteiger partial charge in [-0.2, -0.15) is 0 Å². The summed E-state index contributed by atoms with van der Waals surface area (Å²) in [5, 5.41) is 5.41. The first-order valence-corrected chi connectivity index (χ1v) is 4.55. The predicted molar refractivity (Wildman–Crippen MR) is 53.3 cm³/mol. The van der Waals surface area contributed by atoms with Crippen LogP contribution in [0.4, 0.5) is 4.79 Å². The van der Waals surface area contributed by atoms with Crippen molar-refractivity contribution in [2.75, 3.05) is 40.0 Å². The van der Waals surface area contributed by atoms with Gasteiger partial charge < -0.3 is 25.8 Å². The van der Waals surface area contributed by atoms with Crippen LogP contribution in [0.5, 0.6) is 0 Å². The summed E-state index contributed by atoms with van der Waals surface area (Å²) in [6.45, 7) is 1.68. The lowest BCUT2D eigenvalue weighted by molar-refractivity contribution is -0.120. The molecule has 0 rings (SSSR count). The maximum Gasteiger partial charge on any atom is 0.404 e. The van der Waals surface area contributed by atoms with E-state index in [1.165, 1.54) is 0 Å². The number of amides is 2. The largest absolute Gasteiger partial charge is 0.448 e. The Hall–Kier alpha value is -1.34. The first-order chi connectivity index (χ1) is 7.16. The van der Waals surface area contributed by atoms with Crippen molar-refractivity contribution < 1.29 is 19.1 Å². The summed E-state index contributed by atoms with van der Waals surface area (Å²) >= 11 is 0. The van der Waals surface area contributed by atoms with Gasteiger partial charge in [0.2, 0.25) is 5.91 Å². The van der Waals surface area contributed by atoms with Crippen LogP contribution in [0.2, 0.25) is 0 Å². The van der Waals surface area contributed by atoms with Crippen molar-refractivity contribution in [1.29, 1.82) is 0 Å². The van der Waals surface area contributed by atoms with Crippen LogP contribution in [0.25, 0.3) is 0 Å². The number of primary amides is 1. The molecule has 0 radical (unpaired) electrons. The zero-order valence-electron chi connectivity index (χ0n) is 8.75. The van der Waals surface area contributed by atoms with E-state index in [4.69, 9.17) is 10.5 Å². The third kappa shape index (κ3) is 10.6. The Kier molecular flexibility index (Phi) is 8.40. The highest BCUT2D eigenvalue weighted by Gasteiger charge is 1.99. The Morgan fingerprint density at radius 3 is 2.60 bits per heavy atom. The van der Waals surface area contributed by atoms with Crippen LogP contribution < -0.4 is 16.4 Å². The molecule has 0 aromatic rings. The Labute approximate surface area is 88.3 Å². The van der Waals surface area contributed by atoms with Gasteiger partial charge in [0.1, 0.15) is 6.61 Å². The monoisotopic (exact) mass is 219 g/mol.